The number of carbonyl (C=O) groups is 1. The van der Waals surface area contributed by atoms with E-state index in [1.165, 1.54) is 0 Å². The second-order valence-electron chi connectivity index (χ2n) is 6.72. The van der Waals surface area contributed by atoms with Crippen molar-refractivity contribution in [3.63, 3.8) is 0 Å². The highest BCUT2D eigenvalue weighted by Gasteiger charge is 2.29. The number of hydrogen-bond acceptors (Lipinski definition) is 6. The van der Waals surface area contributed by atoms with Crippen molar-refractivity contribution in [3.05, 3.63) is 18.1 Å². The Hall–Kier alpha value is -1.89. The lowest BCUT2D eigenvalue weighted by atomic mass is 10.1. The summed E-state index contributed by atoms with van der Waals surface area (Å²) in [6, 6.07) is 0. The molecule has 1 saturated heterocycles. The molecule has 0 bridgehead atoms. The molecule has 1 amide bonds. The van der Waals surface area contributed by atoms with E-state index in [-0.39, 0.29) is 6.09 Å². The molecule has 2 rings (SSSR count). The number of nitrogens with one attached hydrogen (secondary N) is 1. The van der Waals surface area contributed by atoms with Crippen LogP contribution in [0.15, 0.2) is 12.4 Å². The molecule has 7 heteroatoms. The van der Waals surface area contributed by atoms with E-state index in [1.807, 2.05) is 20.8 Å². The average molecular weight is 322 g/mol. The summed E-state index contributed by atoms with van der Waals surface area (Å²) in [5.74, 6) is 0.965. The van der Waals surface area contributed by atoms with E-state index in [0.29, 0.717) is 18.3 Å². The van der Waals surface area contributed by atoms with E-state index in [2.05, 4.69) is 15.3 Å². The van der Waals surface area contributed by atoms with Gasteiger partial charge in [0.25, 0.3) is 0 Å². The fourth-order valence-electron chi connectivity index (χ4n) is 2.53. The molecule has 0 aliphatic carbocycles. The summed E-state index contributed by atoms with van der Waals surface area (Å²) in [4.78, 5) is 22.2. The van der Waals surface area contributed by atoms with Crippen molar-refractivity contribution in [2.24, 2.45) is 5.92 Å². The molecular weight excluding hydrogens is 296 g/mol. The number of amides is 1. The zero-order valence-corrected chi connectivity index (χ0v) is 14.3. The Bertz CT molecular complexity index is 530. The van der Waals surface area contributed by atoms with E-state index in [9.17, 15) is 4.79 Å². The van der Waals surface area contributed by atoms with Crippen LogP contribution in [0.5, 0.6) is 5.88 Å². The lowest BCUT2D eigenvalue weighted by Crippen LogP contribution is -2.36. The van der Waals surface area contributed by atoms with Crippen molar-refractivity contribution in [2.75, 3.05) is 26.7 Å². The zero-order valence-electron chi connectivity index (χ0n) is 14.3. The van der Waals surface area contributed by atoms with Gasteiger partial charge in [-0.05, 0) is 33.1 Å². The van der Waals surface area contributed by atoms with Gasteiger partial charge >= 0.3 is 6.09 Å². The largest absolute Gasteiger partial charge is 0.480 e. The van der Waals surface area contributed by atoms with Crippen LogP contribution in [0.4, 0.5) is 4.79 Å². The minimum absolute atomic E-state index is 0.226. The summed E-state index contributed by atoms with van der Waals surface area (Å²) >= 11 is 0. The van der Waals surface area contributed by atoms with Gasteiger partial charge in [0.2, 0.25) is 5.88 Å². The number of hydrogen-bond donors (Lipinski definition) is 1. The van der Waals surface area contributed by atoms with E-state index in [4.69, 9.17) is 9.47 Å². The lowest BCUT2D eigenvalue weighted by molar-refractivity contribution is 0.0288. The van der Waals surface area contributed by atoms with Gasteiger partial charge in [0.1, 0.15) is 11.3 Å². The molecule has 1 aliphatic heterocycles. The molecule has 1 atom stereocenters. The Morgan fingerprint density at radius 2 is 2.13 bits per heavy atom. The van der Waals surface area contributed by atoms with Crippen molar-refractivity contribution in [1.29, 1.82) is 0 Å². The van der Waals surface area contributed by atoms with Crippen molar-refractivity contribution in [3.8, 4) is 5.88 Å². The SMILES string of the molecule is COc1nccnc1CNC[C@@H]1CCN(C(=O)OC(C)(C)C)C1. The molecule has 128 valence electrons. The number of rotatable bonds is 5. The number of carbonyl (C=O) groups excluding carboxylic acids is 1. The van der Waals surface area contributed by atoms with Crippen LogP contribution in [0.1, 0.15) is 32.9 Å². The van der Waals surface area contributed by atoms with Gasteiger partial charge < -0.3 is 19.7 Å². The summed E-state index contributed by atoms with van der Waals surface area (Å²) in [5, 5.41) is 3.36. The molecule has 0 unspecified atom stereocenters. The van der Waals surface area contributed by atoms with E-state index < -0.39 is 5.60 Å². The minimum Gasteiger partial charge on any atom is -0.480 e. The van der Waals surface area contributed by atoms with Gasteiger partial charge in [0.15, 0.2) is 0 Å². The first kappa shape index (κ1) is 17.5. The average Bonchev–Trinajstić information content (AvgIpc) is 2.95. The maximum Gasteiger partial charge on any atom is 0.410 e. The molecule has 0 radical (unpaired) electrons. The van der Waals surface area contributed by atoms with Crippen molar-refractivity contribution >= 4 is 6.09 Å². The van der Waals surface area contributed by atoms with Crippen molar-refractivity contribution < 1.29 is 14.3 Å². The van der Waals surface area contributed by atoms with Gasteiger partial charge in [-0.1, -0.05) is 0 Å². The summed E-state index contributed by atoms with van der Waals surface area (Å²) in [6.45, 7) is 8.53. The van der Waals surface area contributed by atoms with E-state index in [0.717, 1.165) is 31.7 Å². The summed E-state index contributed by atoms with van der Waals surface area (Å²) in [6.07, 6.45) is 4.01. The first-order valence-corrected chi connectivity index (χ1v) is 7.91. The van der Waals surface area contributed by atoms with Gasteiger partial charge in [-0.2, -0.15) is 0 Å². The smallest absolute Gasteiger partial charge is 0.410 e. The highest BCUT2D eigenvalue weighted by Crippen LogP contribution is 2.19. The number of methoxy groups -OCH3 is 1. The van der Waals surface area contributed by atoms with Gasteiger partial charge in [0.05, 0.1) is 7.11 Å². The second-order valence-corrected chi connectivity index (χ2v) is 6.72. The molecule has 23 heavy (non-hydrogen) atoms. The molecule has 1 aromatic rings. The molecule has 7 nitrogen and oxygen atoms in total. The van der Waals surface area contributed by atoms with Crippen LogP contribution in [-0.2, 0) is 11.3 Å². The van der Waals surface area contributed by atoms with E-state index >= 15 is 0 Å². The highest BCUT2D eigenvalue weighted by atomic mass is 16.6. The first-order chi connectivity index (χ1) is 10.9. The molecule has 2 heterocycles. The quantitative estimate of drug-likeness (QED) is 0.891. The van der Waals surface area contributed by atoms with Crippen LogP contribution in [-0.4, -0.2) is 53.3 Å². The molecule has 1 aromatic heterocycles. The summed E-state index contributed by atoms with van der Waals surface area (Å²) < 4.78 is 10.6. The standard InChI is InChI=1S/C16H26N4O3/c1-16(2,3)23-15(21)20-8-5-12(11-20)9-17-10-13-14(22-4)19-7-6-18-13/h6-7,12,17H,5,8-11H2,1-4H3/t12-/m0/s1. The fourth-order valence-corrected chi connectivity index (χ4v) is 2.53. The van der Waals surface area contributed by atoms with Gasteiger partial charge in [-0.25, -0.2) is 9.78 Å². The molecule has 0 aromatic carbocycles. The van der Waals surface area contributed by atoms with Crippen LogP contribution in [0.25, 0.3) is 0 Å². The topological polar surface area (TPSA) is 76.6 Å². The molecule has 1 fully saturated rings. The molecule has 1 aliphatic rings. The monoisotopic (exact) mass is 322 g/mol. The van der Waals surface area contributed by atoms with Gasteiger partial charge in [-0.15, -0.1) is 0 Å². The third-order valence-corrected chi connectivity index (χ3v) is 3.59. The minimum atomic E-state index is -0.448. The lowest BCUT2D eigenvalue weighted by Gasteiger charge is -2.24. The Morgan fingerprint density at radius 3 is 2.83 bits per heavy atom. The fraction of sp³-hybridized carbons (Fsp3) is 0.688. The maximum absolute atomic E-state index is 12.0. The molecular formula is C16H26N4O3. The Kier molecular flexibility index (Phi) is 5.76. The zero-order chi connectivity index (χ0) is 16.9. The number of likely N-dealkylation sites (tertiary alicyclic amines) is 1. The van der Waals surface area contributed by atoms with Crippen LogP contribution >= 0.6 is 0 Å². The Labute approximate surface area is 137 Å². The third kappa shape index (κ3) is 5.35. The van der Waals surface area contributed by atoms with Crippen LogP contribution in [0.2, 0.25) is 0 Å². The van der Waals surface area contributed by atoms with Gasteiger partial charge in [0, 0.05) is 38.6 Å². The van der Waals surface area contributed by atoms with E-state index in [1.54, 1.807) is 24.4 Å². The molecule has 0 saturated carbocycles. The summed E-state index contributed by atoms with van der Waals surface area (Å²) in [5.41, 5.74) is 0.340. The third-order valence-electron chi connectivity index (χ3n) is 3.59. The first-order valence-electron chi connectivity index (χ1n) is 7.91. The van der Waals surface area contributed by atoms with Crippen LogP contribution in [0, 0.1) is 5.92 Å². The number of ether oxygens (including phenoxy) is 2. The molecule has 0 spiro atoms. The second kappa shape index (κ2) is 7.59. The van der Waals surface area contributed by atoms with Crippen LogP contribution < -0.4 is 10.1 Å². The predicted octanol–water partition coefficient (Wildman–Crippen LogP) is 1.83. The van der Waals surface area contributed by atoms with Gasteiger partial charge in [-0.3, -0.25) is 4.98 Å². The highest BCUT2D eigenvalue weighted by molar-refractivity contribution is 5.68. The number of nitrogens with zero attached hydrogens (tertiary/aromatic N) is 3. The Balaban J connectivity index is 1.75. The normalized spacial score (nSPS) is 18.1. The molecule has 1 N–H and O–H groups in total. The van der Waals surface area contributed by atoms with Crippen molar-refractivity contribution in [1.82, 2.24) is 20.2 Å². The summed E-state index contributed by atoms with van der Waals surface area (Å²) in [7, 11) is 1.59. The number of aromatic nitrogens is 2. The maximum atomic E-state index is 12.0. The predicted molar refractivity (Wildman–Crippen MR) is 86.2 cm³/mol. The van der Waals surface area contributed by atoms with Crippen molar-refractivity contribution in [2.45, 2.75) is 39.3 Å². The Morgan fingerprint density at radius 1 is 1.39 bits per heavy atom. The van der Waals surface area contributed by atoms with Crippen LogP contribution in [0.3, 0.4) is 0 Å².